The summed E-state index contributed by atoms with van der Waals surface area (Å²) in [5.74, 6) is 5.15. The second kappa shape index (κ2) is 15.4. The van der Waals surface area contributed by atoms with Crippen LogP contribution < -0.4 is 19.3 Å². The van der Waals surface area contributed by atoms with Gasteiger partial charge < -0.3 is 19.3 Å². The molecule has 2 aromatic carbocycles. The molecule has 5 aliphatic rings. The highest BCUT2D eigenvalue weighted by Crippen LogP contribution is 2.49. The van der Waals surface area contributed by atoms with Gasteiger partial charge in [-0.25, -0.2) is 4.21 Å². The lowest BCUT2D eigenvalue weighted by Crippen LogP contribution is -2.59. The van der Waals surface area contributed by atoms with Crippen molar-refractivity contribution in [2.45, 2.75) is 68.6 Å². The number of allylic oxidation sites excluding steroid dienone is 1. The maximum Gasteiger partial charge on any atom is 0.262 e. The number of anilines is 2. The smallest absolute Gasteiger partial charge is 0.262 e. The Kier molecular flexibility index (Phi) is 10.7. The molecule has 1 unspecified atom stereocenters. The van der Waals surface area contributed by atoms with Gasteiger partial charge in [0.2, 0.25) is 0 Å². The Bertz CT molecular complexity index is 2020. The fraction of sp³-hybridized carbons (Fsp3) is 0.523. The maximum absolute atomic E-state index is 14.1. The molecule has 9 nitrogen and oxygen atoms in total. The summed E-state index contributed by atoms with van der Waals surface area (Å²) >= 11 is 6.53. The van der Waals surface area contributed by atoms with Gasteiger partial charge in [0.15, 0.2) is 0 Å². The van der Waals surface area contributed by atoms with Crippen molar-refractivity contribution < 1.29 is 18.5 Å². The summed E-state index contributed by atoms with van der Waals surface area (Å²) in [6.45, 7) is 10.7. The third kappa shape index (κ3) is 7.52. The van der Waals surface area contributed by atoms with E-state index in [0.29, 0.717) is 24.5 Å². The number of hydrogen-bond acceptors (Lipinski definition) is 8. The van der Waals surface area contributed by atoms with Crippen molar-refractivity contribution >= 4 is 44.5 Å². The van der Waals surface area contributed by atoms with Crippen LogP contribution >= 0.6 is 11.6 Å². The van der Waals surface area contributed by atoms with E-state index in [1.807, 2.05) is 44.6 Å². The number of aryl methyl sites for hydroxylation is 1. The summed E-state index contributed by atoms with van der Waals surface area (Å²) in [6, 6.07) is 16.2. The number of ether oxygens (including phenoxy) is 2. The molecule has 294 valence electrons. The molecule has 1 saturated carbocycles. The van der Waals surface area contributed by atoms with Crippen molar-refractivity contribution in [3.05, 3.63) is 94.8 Å². The van der Waals surface area contributed by atoms with Gasteiger partial charge in [-0.2, -0.15) is 0 Å². The van der Waals surface area contributed by atoms with Crippen LogP contribution in [0.4, 0.5) is 11.4 Å². The molecule has 55 heavy (non-hydrogen) atoms. The lowest BCUT2D eigenvalue weighted by atomic mass is 9.63. The van der Waals surface area contributed by atoms with Crippen molar-refractivity contribution in [1.82, 2.24) is 14.6 Å². The molecule has 3 aliphatic heterocycles. The molecule has 1 aromatic heterocycles. The number of methoxy groups -OCH3 is 1. The third-order valence-electron chi connectivity index (χ3n) is 13.6. The van der Waals surface area contributed by atoms with Crippen molar-refractivity contribution in [1.29, 1.82) is 0 Å². The van der Waals surface area contributed by atoms with E-state index >= 15 is 0 Å². The Morgan fingerprint density at radius 2 is 1.85 bits per heavy atom. The number of halogens is 1. The second-order valence-corrected chi connectivity index (χ2v) is 19.7. The van der Waals surface area contributed by atoms with Gasteiger partial charge in [-0.15, -0.1) is 0 Å². The van der Waals surface area contributed by atoms with Crippen LogP contribution in [0.15, 0.2) is 73.1 Å². The van der Waals surface area contributed by atoms with E-state index in [1.54, 1.807) is 6.07 Å². The lowest BCUT2D eigenvalue weighted by Gasteiger charge is -2.52. The van der Waals surface area contributed by atoms with Crippen LogP contribution in [0.25, 0.3) is 0 Å². The lowest BCUT2D eigenvalue weighted by molar-refractivity contribution is -0.0919. The Morgan fingerprint density at radius 3 is 2.60 bits per heavy atom. The van der Waals surface area contributed by atoms with Crippen LogP contribution in [0.2, 0.25) is 5.02 Å². The summed E-state index contributed by atoms with van der Waals surface area (Å²) in [5.41, 5.74) is 4.46. The number of pyridine rings is 1. The van der Waals surface area contributed by atoms with Gasteiger partial charge in [0.1, 0.15) is 11.4 Å². The molecule has 2 aliphatic carbocycles. The standard InChI is InChI=1S/C44H56ClN5O4S/c1-31-7-5-18-44(53-3,29-48-21-23-49(24-22-48)37-15-19-46-20-16-37)39-12-9-35(39)27-50-28-43(17-6-8-33-25-36(45)11-13-38(33)43)30-54-41-14-10-34(26-40(41)50)42(51)47-55(4,52)32(31)2/h5,10-11,13-16,18-20,25-26,31-32,35,39H,4,6-9,12,17,21-24,27-30H2,1-3H3,(H,47,51,52)/b18-5+/t31-,32+,35-,39+,43-,44+,55?/m0/s1. The molecule has 1 N–H and O–H groups in total. The average Bonchev–Trinajstić information content (AvgIpc) is 3.32. The van der Waals surface area contributed by atoms with Crippen LogP contribution in [0.1, 0.15) is 67.4 Å². The highest BCUT2D eigenvalue weighted by Gasteiger charge is 2.50. The molecule has 3 aromatic rings. The number of hydrogen-bond donors (Lipinski definition) is 1. The van der Waals surface area contributed by atoms with Crippen molar-refractivity contribution in [3.63, 3.8) is 0 Å². The molecule has 4 heterocycles. The van der Waals surface area contributed by atoms with E-state index in [2.05, 4.69) is 73.6 Å². The number of nitrogens with one attached hydrogen (secondary N) is 1. The topological polar surface area (TPSA) is 87.2 Å². The van der Waals surface area contributed by atoms with E-state index in [4.69, 9.17) is 21.1 Å². The fourth-order valence-corrected chi connectivity index (χ4v) is 11.6. The van der Waals surface area contributed by atoms with Crippen molar-refractivity contribution in [3.8, 4) is 5.75 Å². The van der Waals surface area contributed by atoms with Crippen molar-refractivity contribution in [2.75, 3.05) is 69.3 Å². The zero-order chi connectivity index (χ0) is 38.4. The first-order chi connectivity index (χ1) is 26.5. The number of carbonyl (C=O) groups is 1. The van der Waals surface area contributed by atoms with Gasteiger partial charge in [0, 0.05) is 92.3 Å². The number of benzene rings is 2. The summed E-state index contributed by atoms with van der Waals surface area (Å²) in [6.07, 6.45) is 14.2. The molecule has 2 fully saturated rings. The minimum atomic E-state index is -2.97. The maximum atomic E-state index is 14.1. The predicted octanol–water partition coefficient (Wildman–Crippen LogP) is 6.79. The number of aromatic nitrogens is 1. The number of rotatable bonds is 4. The minimum Gasteiger partial charge on any atom is -0.490 e. The monoisotopic (exact) mass is 785 g/mol. The number of fused-ring (bicyclic) bond motifs is 4. The zero-order valence-electron chi connectivity index (χ0n) is 32.6. The Balaban J connectivity index is 1.16. The summed E-state index contributed by atoms with van der Waals surface area (Å²) < 4.78 is 30.5. The first-order valence-electron chi connectivity index (χ1n) is 20.1. The second-order valence-electron chi connectivity index (χ2n) is 16.8. The number of piperazine rings is 1. The van der Waals surface area contributed by atoms with Gasteiger partial charge in [-0.1, -0.05) is 36.7 Å². The normalized spacial score (nSPS) is 33.3. The molecular formula is C44H56ClN5O4S. The van der Waals surface area contributed by atoms with E-state index in [1.165, 1.54) is 16.8 Å². The van der Waals surface area contributed by atoms with Crippen LogP contribution in [0.3, 0.4) is 0 Å². The predicted molar refractivity (Wildman–Crippen MR) is 224 cm³/mol. The number of carbonyl (C=O) groups excluding carboxylic acids is 1. The molecule has 0 radical (unpaired) electrons. The fourth-order valence-electron chi connectivity index (χ4n) is 9.97. The molecule has 1 spiro atoms. The van der Waals surface area contributed by atoms with Crippen LogP contribution in [0.5, 0.6) is 5.75 Å². The highest BCUT2D eigenvalue weighted by molar-refractivity contribution is 7.99. The van der Waals surface area contributed by atoms with Gasteiger partial charge >= 0.3 is 0 Å². The van der Waals surface area contributed by atoms with Gasteiger partial charge in [0.05, 0.1) is 22.0 Å². The highest BCUT2D eigenvalue weighted by atomic mass is 35.5. The Labute approximate surface area is 332 Å². The Morgan fingerprint density at radius 1 is 1.05 bits per heavy atom. The van der Waals surface area contributed by atoms with Gasteiger partial charge in [0.25, 0.3) is 5.91 Å². The average molecular weight is 786 g/mol. The zero-order valence-corrected chi connectivity index (χ0v) is 34.1. The van der Waals surface area contributed by atoms with Crippen LogP contribution in [-0.2, 0) is 26.3 Å². The molecule has 1 saturated heterocycles. The van der Waals surface area contributed by atoms with E-state index in [0.717, 1.165) is 94.4 Å². The van der Waals surface area contributed by atoms with Crippen molar-refractivity contribution in [2.24, 2.45) is 17.8 Å². The van der Waals surface area contributed by atoms with Gasteiger partial charge in [-0.05, 0) is 123 Å². The summed E-state index contributed by atoms with van der Waals surface area (Å²) in [4.78, 5) is 25.6. The number of amides is 1. The van der Waals surface area contributed by atoms with Gasteiger partial charge in [-0.3, -0.25) is 19.4 Å². The minimum absolute atomic E-state index is 0.0190. The SMILES string of the molecule is C=S1(=O)NC(=O)c2ccc3c(c2)N(C[C@@H]2CC[C@H]2[C@@](CN2CCN(c4ccncc4)CC2)(OC)/C=C/C[C@H](C)[C@H]1C)C[C@@]1(CCCc2cc(Cl)ccc21)CO3. The first-order valence-corrected chi connectivity index (χ1v) is 22.3. The third-order valence-corrected chi connectivity index (χ3v) is 16.1. The molecular weight excluding hydrogens is 730 g/mol. The van der Waals surface area contributed by atoms with Crippen LogP contribution in [0, 0.1) is 17.8 Å². The molecule has 1 amide bonds. The number of nitrogens with zero attached hydrogens (tertiary/aromatic N) is 4. The van der Waals surface area contributed by atoms with E-state index < -0.39 is 15.3 Å². The summed E-state index contributed by atoms with van der Waals surface area (Å²) in [7, 11) is -1.08. The first kappa shape index (κ1) is 38.3. The quantitative estimate of drug-likeness (QED) is 0.229. The molecule has 2 bridgehead atoms. The molecule has 8 rings (SSSR count). The van der Waals surface area contributed by atoms with Crippen LogP contribution in [-0.4, -0.2) is 96.3 Å². The summed E-state index contributed by atoms with van der Waals surface area (Å²) in [5, 5.41) is 0.420. The largest absolute Gasteiger partial charge is 0.490 e. The van der Waals surface area contributed by atoms with E-state index in [-0.39, 0.29) is 28.4 Å². The van der Waals surface area contributed by atoms with E-state index in [9.17, 15) is 9.00 Å². The molecule has 7 atom stereocenters. The molecule has 11 heteroatoms. The Hall–Kier alpha value is -3.57.